The van der Waals surface area contributed by atoms with Crippen molar-refractivity contribution >= 4 is 40.9 Å². The van der Waals surface area contributed by atoms with Crippen LogP contribution in [0.4, 0.5) is 0 Å². The van der Waals surface area contributed by atoms with Gasteiger partial charge < -0.3 is 15.5 Å². The van der Waals surface area contributed by atoms with Gasteiger partial charge >= 0.3 is 0 Å². The molecule has 0 unspecified atom stereocenters. The first-order chi connectivity index (χ1) is 8.65. The molecular formula is C13H16Cl2N2O2. The number of benzene rings is 1. The predicted molar refractivity (Wildman–Crippen MR) is 79.2 cm³/mol. The fourth-order valence-electron chi connectivity index (χ4n) is 1.81. The van der Waals surface area contributed by atoms with Crippen molar-refractivity contribution in [2.75, 3.05) is 13.1 Å². The number of furan rings is 1. The van der Waals surface area contributed by atoms with Crippen molar-refractivity contribution in [3.8, 4) is 0 Å². The molecule has 0 fully saturated rings. The number of carbonyl (C=O) groups is 1. The molecule has 104 valence electrons. The van der Waals surface area contributed by atoms with Crippen LogP contribution in [0.1, 0.15) is 22.5 Å². The summed E-state index contributed by atoms with van der Waals surface area (Å²) in [6.07, 6.45) is 0.742. The number of hydrogen-bond acceptors (Lipinski definition) is 3. The average molecular weight is 303 g/mol. The molecule has 19 heavy (non-hydrogen) atoms. The molecule has 0 saturated carbocycles. The van der Waals surface area contributed by atoms with Gasteiger partial charge in [0.1, 0.15) is 0 Å². The molecule has 1 aromatic carbocycles. The second-order valence-corrected chi connectivity index (χ2v) is 4.48. The van der Waals surface area contributed by atoms with Crippen molar-refractivity contribution in [3.63, 3.8) is 0 Å². The molecule has 0 aliphatic carbocycles. The highest BCUT2D eigenvalue weighted by Crippen LogP contribution is 2.30. The fraction of sp³-hybridized carbons (Fsp3) is 0.308. The molecule has 1 heterocycles. The van der Waals surface area contributed by atoms with E-state index >= 15 is 0 Å². The van der Waals surface area contributed by atoms with Crippen molar-refractivity contribution in [2.24, 2.45) is 5.73 Å². The minimum atomic E-state index is -0.229. The molecule has 0 aliphatic heterocycles. The molecule has 2 rings (SSSR count). The Hall–Kier alpha value is -1.23. The van der Waals surface area contributed by atoms with E-state index in [2.05, 4.69) is 5.32 Å². The Morgan fingerprint density at radius 1 is 1.47 bits per heavy atom. The summed E-state index contributed by atoms with van der Waals surface area (Å²) in [7, 11) is 0. The molecule has 4 nitrogen and oxygen atoms in total. The molecule has 0 bridgehead atoms. The van der Waals surface area contributed by atoms with Crippen LogP contribution >= 0.6 is 24.0 Å². The number of para-hydroxylation sites is 1. The maximum absolute atomic E-state index is 11.9. The van der Waals surface area contributed by atoms with Crippen molar-refractivity contribution in [1.82, 2.24) is 5.32 Å². The number of hydrogen-bond donors (Lipinski definition) is 2. The Morgan fingerprint density at radius 2 is 2.21 bits per heavy atom. The van der Waals surface area contributed by atoms with Crippen LogP contribution in [0.5, 0.6) is 0 Å². The largest absolute Gasteiger partial charge is 0.449 e. The van der Waals surface area contributed by atoms with Crippen LogP contribution in [0, 0.1) is 6.92 Å². The number of nitrogens with two attached hydrogens (primary N) is 1. The Labute approximate surface area is 122 Å². The zero-order chi connectivity index (χ0) is 13.1. The molecule has 0 atom stereocenters. The standard InChI is InChI=1S/C13H15ClN2O2.ClH/c1-8-9-4-2-5-10(14)12(9)18-11(8)13(17)16-7-3-6-15;/h2,4-5H,3,6-7,15H2,1H3,(H,16,17);1H. The topological polar surface area (TPSA) is 68.3 Å². The summed E-state index contributed by atoms with van der Waals surface area (Å²) in [6, 6.07) is 5.46. The van der Waals surface area contributed by atoms with Crippen LogP contribution in [0.15, 0.2) is 22.6 Å². The molecule has 3 N–H and O–H groups in total. The number of nitrogens with one attached hydrogen (secondary N) is 1. The third-order valence-electron chi connectivity index (χ3n) is 2.79. The molecule has 0 radical (unpaired) electrons. The van der Waals surface area contributed by atoms with Crippen LogP contribution in [-0.2, 0) is 0 Å². The number of fused-ring (bicyclic) bond motifs is 1. The highest BCUT2D eigenvalue weighted by Gasteiger charge is 2.18. The molecular weight excluding hydrogens is 287 g/mol. The van der Waals surface area contributed by atoms with Gasteiger partial charge in [0, 0.05) is 17.5 Å². The van der Waals surface area contributed by atoms with E-state index in [-0.39, 0.29) is 18.3 Å². The number of carbonyl (C=O) groups excluding carboxylic acids is 1. The zero-order valence-electron chi connectivity index (χ0n) is 10.5. The summed E-state index contributed by atoms with van der Waals surface area (Å²) in [5.41, 5.74) is 6.73. The van der Waals surface area contributed by atoms with Gasteiger partial charge in [-0.15, -0.1) is 12.4 Å². The zero-order valence-corrected chi connectivity index (χ0v) is 12.1. The first-order valence-corrected chi connectivity index (χ1v) is 6.19. The Kier molecular flexibility index (Phi) is 5.66. The van der Waals surface area contributed by atoms with Gasteiger partial charge in [-0.3, -0.25) is 4.79 Å². The van der Waals surface area contributed by atoms with E-state index in [1.807, 2.05) is 19.1 Å². The quantitative estimate of drug-likeness (QED) is 0.853. The molecule has 1 amide bonds. The summed E-state index contributed by atoms with van der Waals surface area (Å²) in [6.45, 7) is 2.94. The lowest BCUT2D eigenvalue weighted by molar-refractivity contribution is 0.0927. The molecule has 1 aromatic heterocycles. The minimum absolute atomic E-state index is 0. The lowest BCUT2D eigenvalue weighted by Crippen LogP contribution is -2.26. The highest BCUT2D eigenvalue weighted by molar-refractivity contribution is 6.35. The number of halogens is 2. The monoisotopic (exact) mass is 302 g/mol. The van der Waals surface area contributed by atoms with E-state index in [1.165, 1.54) is 0 Å². The minimum Gasteiger partial charge on any atom is -0.449 e. The SMILES string of the molecule is Cc1c(C(=O)NCCCN)oc2c(Cl)cccc12.Cl. The van der Waals surface area contributed by atoms with E-state index in [4.69, 9.17) is 21.8 Å². The van der Waals surface area contributed by atoms with Gasteiger partial charge in [-0.1, -0.05) is 23.7 Å². The second kappa shape index (κ2) is 6.80. The Balaban J connectivity index is 0.00000180. The predicted octanol–water partition coefficient (Wildman–Crippen LogP) is 2.90. The first kappa shape index (κ1) is 15.8. The maximum atomic E-state index is 11.9. The van der Waals surface area contributed by atoms with E-state index in [1.54, 1.807) is 6.07 Å². The summed E-state index contributed by atoms with van der Waals surface area (Å²) < 4.78 is 5.55. The Bertz CT molecular complexity index is 581. The van der Waals surface area contributed by atoms with Gasteiger partial charge in [-0.25, -0.2) is 0 Å². The molecule has 0 saturated heterocycles. The van der Waals surface area contributed by atoms with Gasteiger partial charge in [0.15, 0.2) is 11.3 Å². The summed E-state index contributed by atoms with van der Waals surface area (Å²) in [5.74, 6) is 0.0864. The van der Waals surface area contributed by atoms with Gasteiger partial charge in [0.25, 0.3) is 5.91 Å². The van der Waals surface area contributed by atoms with E-state index in [9.17, 15) is 4.79 Å². The van der Waals surface area contributed by atoms with Crippen molar-refractivity contribution in [3.05, 3.63) is 34.5 Å². The maximum Gasteiger partial charge on any atom is 0.287 e. The van der Waals surface area contributed by atoms with E-state index in [0.29, 0.717) is 29.5 Å². The van der Waals surface area contributed by atoms with E-state index in [0.717, 1.165) is 17.4 Å². The van der Waals surface area contributed by atoms with Crippen molar-refractivity contribution < 1.29 is 9.21 Å². The fourth-order valence-corrected chi connectivity index (χ4v) is 2.02. The van der Waals surface area contributed by atoms with Crippen LogP contribution in [0.3, 0.4) is 0 Å². The third-order valence-corrected chi connectivity index (χ3v) is 3.09. The van der Waals surface area contributed by atoms with Crippen LogP contribution in [0.2, 0.25) is 5.02 Å². The summed E-state index contributed by atoms with van der Waals surface area (Å²) >= 11 is 6.03. The number of aryl methyl sites for hydroxylation is 1. The highest BCUT2D eigenvalue weighted by atomic mass is 35.5. The van der Waals surface area contributed by atoms with Crippen molar-refractivity contribution in [1.29, 1.82) is 0 Å². The van der Waals surface area contributed by atoms with Gasteiger partial charge in [-0.05, 0) is 26.0 Å². The average Bonchev–Trinajstić information content (AvgIpc) is 2.69. The molecule has 2 aromatic rings. The van der Waals surface area contributed by atoms with Crippen LogP contribution in [0.25, 0.3) is 11.0 Å². The van der Waals surface area contributed by atoms with Gasteiger partial charge in [-0.2, -0.15) is 0 Å². The normalized spacial score (nSPS) is 10.3. The number of rotatable bonds is 4. The molecule has 0 aliphatic rings. The smallest absolute Gasteiger partial charge is 0.287 e. The Morgan fingerprint density at radius 3 is 2.84 bits per heavy atom. The summed E-state index contributed by atoms with van der Waals surface area (Å²) in [5, 5.41) is 4.14. The first-order valence-electron chi connectivity index (χ1n) is 5.81. The molecule has 0 spiro atoms. The lowest BCUT2D eigenvalue weighted by Gasteiger charge is -2.01. The van der Waals surface area contributed by atoms with Crippen LogP contribution in [-0.4, -0.2) is 19.0 Å². The summed E-state index contributed by atoms with van der Waals surface area (Å²) in [4.78, 5) is 11.9. The van der Waals surface area contributed by atoms with Gasteiger partial charge in [0.2, 0.25) is 0 Å². The lowest BCUT2D eigenvalue weighted by atomic mass is 10.1. The van der Waals surface area contributed by atoms with Crippen LogP contribution < -0.4 is 11.1 Å². The van der Waals surface area contributed by atoms with Crippen molar-refractivity contribution in [2.45, 2.75) is 13.3 Å². The van der Waals surface area contributed by atoms with Gasteiger partial charge in [0.05, 0.1) is 5.02 Å². The molecule has 6 heteroatoms. The van der Waals surface area contributed by atoms with E-state index < -0.39 is 0 Å². The number of amides is 1. The third kappa shape index (κ3) is 3.21. The second-order valence-electron chi connectivity index (χ2n) is 4.07.